The van der Waals surface area contributed by atoms with Crippen LogP contribution in [-0.2, 0) is 0 Å². The third-order valence-electron chi connectivity index (χ3n) is 4.02. The normalized spacial score (nSPS) is 16.7. The molecule has 0 bridgehead atoms. The Hall–Kier alpha value is -2.48. The van der Waals surface area contributed by atoms with Crippen molar-refractivity contribution in [1.29, 1.82) is 5.26 Å². The highest BCUT2D eigenvalue weighted by Crippen LogP contribution is 2.23. The lowest BCUT2D eigenvalue weighted by molar-refractivity contribution is 0.460. The Kier molecular flexibility index (Phi) is 4.59. The average Bonchev–Trinajstić information content (AvgIpc) is 2.58. The van der Waals surface area contributed by atoms with Crippen molar-refractivity contribution < 1.29 is 0 Å². The molecule has 112 valence electrons. The molecule has 3 rings (SSSR count). The van der Waals surface area contributed by atoms with E-state index < -0.39 is 5.92 Å². The molecule has 0 aromatic carbocycles. The molecule has 1 aliphatic rings. The van der Waals surface area contributed by atoms with E-state index in [2.05, 4.69) is 26.3 Å². The number of anilines is 1. The van der Waals surface area contributed by atoms with E-state index in [-0.39, 0.29) is 0 Å². The molecule has 2 heterocycles. The van der Waals surface area contributed by atoms with Gasteiger partial charge in [0.05, 0.1) is 17.5 Å². The van der Waals surface area contributed by atoms with Crippen LogP contribution in [0.2, 0.25) is 0 Å². The Morgan fingerprint density at radius 1 is 1.05 bits per heavy atom. The lowest BCUT2D eigenvalue weighted by Crippen LogP contribution is -2.23. The second-order valence-corrected chi connectivity index (χ2v) is 5.60. The summed E-state index contributed by atoms with van der Waals surface area (Å²) in [6.45, 7) is 0. The third-order valence-corrected chi connectivity index (χ3v) is 4.02. The maximum Gasteiger partial charge on any atom is 0.223 e. The van der Waals surface area contributed by atoms with Crippen molar-refractivity contribution >= 4 is 5.95 Å². The average molecular weight is 293 g/mol. The van der Waals surface area contributed by atoms with Gasteiger partial charge in [0.2, 0.25) is 5.95 Å². The fraction of sp³-hybridized carbons (Fsp3) is 0.412. The smallest absolute Gasteiger partial charge is 0.223 e. The highest BCUT2D eigenvalue weighted by molar-refractivity contribution is 5.34. The van der Waals surface area contributed by atoms with Crippen LogP contribution in [0.1, 0.15) is 49.4 Å². The van der Waals surface area contributed by atoms with Crippen LogP contribution in [0.25, 0.3) is 0 Å². The van der Waals surface area contributed by atoms with Crippen LogP contribution in [0, 0.1) is 11.3 Å². The van der Waals surface area contributed by atoms with E-state index in [1.54, 1.807) is 18.5 Å². The van der Waals surface area contributed by atoms with E-state index in [0.29, 0.717) is 23.4 Å². The number of hydrogen-bond donors (Lipinski definition) is 1. The molecule has 22 heavy (non-hydrogen) atoms. The van der Waals surface area contributed by atoms with E-state index >= 15 is 0 Å². The van der Waals surface area contributed by atoms with Crippen molar-refractivity contribution in [3.05, 3.63) is 48.0 Å². The first-order valence-corrected chi connectivity index (χ1v) is 7.77. The summed E-state index contributed by atoms with van der Waals surface area (Å²) in [6.07, 6.45) is 9.56. The van der Waals surface area contributed by atoms with Gasteiger partial charge in [-0.1, -0.05) is 25.3 Å². The predicted molar refractivity (Wildman–Crippen MR) is 84.2 cm³/mol. The first-order chi connectivity index (χ1) is 10.9. The molecular weight excluding hydrogens is 274 g/mol. The van der Waals surface area contributed by atoms with Gasteiger partial charge >= 0.3 is 0 Å². The van der Waals surface area contributed by atoms with Gasteiger partial charge in [0.25, 0.3) is 0 Å². The molecule has 1 unspecified atom stereocenters. The van der Waals surface area contributed by atoms with E-state index in [9.17, 15) is 5.26 Å². The lowest BCUT2D eigenvalue weighted by atomic mass is 9.96. The quantitative estimate of drug-likeness (QED) is 0.936. The zero-order chi connectivity index (χ0) is 15.2. The fourth-order valence-electron chi connectivity index (χ4n) is 2.86. The number of nitrogens with zero attached hydrogens (tertiary/aromatic N) is 4. The Bertz CT molecular complexity index is 644. The van der Waals surface area contributed by atoms with Gasteiger partial charge in [-0.05, 0) is 31.0 Å². The van der Waals surface area contributed by atoms with Crippen LogP contribution in [0.3, 0.4) is 0 Å². The Labute approximate surface area is 130 Å². The molecule has 0 radical (unpaired) electrons. The molecule has 0 amide bonds. The lowest BCUT2D eigenvalue weighted by Gasteiger charge is -2.22. The summed E-state index contributed by atoms with van der Waals surface area (Å²) in [5.41, 5.74) is 1.40. The molecular formula is C17H19N5. The first-order valence-electron chi connectivity index (χ1n) is 7.77. The van der Waals surface area contributed by atoms with Gasteiger partial charge in [0, 0.05) is 18.4 Å². The second-order valence-electron chi connectivity index (χ2n) is 5.60. The topological polar surface area (TPSA) is 74.5 Å². The molecule has 0 spiro atoms. The second kappa shape index (κ2) is 6.99. The fourth-order valence-corrected chi connectivity index (χ4v) is 2.86. The highest BCUT2D eigenvalue weighted by Gasteiger charge is 2.18. The van der Waals surface area contributed by atoms with E-state index in [1.807, 2.05) is 18.2 Å². The van der Waals surface area contributed by atoms with E-state index in [0.717, 1.165) is 12.8 Å². The molecule has 0 aliphatic heterocycles. The molecule has 1 aliphatic carbocycles. The molecule has 5 heteroatoms. The minimum absolute atomic E-state index is 0.444. The predicted octanol–water partition coefficient (Wildman–Crippen LogP) is 3.27. The van der Waals surface area contributed by atoms with Crippen molar-refractivity contribution in [2.24, 2.45) is 0 Å². The molecule has 2 aromatic heterocycles. The summed E-state index contributed by atoms with van der Waals surface area (Å²) in [6, 6.07) is 10.1. The molecule has 5 nitrogen and oxygen atoms in total. The van der Waals surface area contributed by atoms with Crippen molar-refractivity contribution in [2.75, 3.05) is 5.32 Å². The monoisotopic (exact) mass is 293 g/mol. The number of hydrogen-bond acceptors (Lipinski definition) is 5. The van der Waals surface area contributed by atoms with Gasteiger partial charge in [-0.3, -0.25) is 4.98 Å². The minimum atomic E-state index is -0.462. The number of rotatable bonds is 4. The molecule has 0 saturated heterocycles. The van der Waals surface area contributed by atoms with E-state index in [1.165, 1.54) is 19.3 Å². The minimum Gasteiger partial charge on any atom is -0.351 e. The Morgan fingerprint density at radius 2 is 1.91 bits per heavy atom. The largest absolute Gasteiger partial charge is 0.351 e. The van der Waals surface area contributed by atoms with Crippen molar-refractivity contribution in [2.45, 2.75) is 44.1 Å². The standard InChI is InChI=1S/C17H19N5/c18-12-14(15-8-4-5-10-19-15)16-9-11-20-17(22-16)21-13-6-2-1-3-7-13/h4-5,8-11,13-14H,1-3,6-7H2,(H,20,21,22). The summed E-state index contributed by atoms with van der Waals surface area (Å²) < 4.78 is 0. The van der Waals surface area contributed by atoms with Crippen molar-refractivity contribution in [1.82, 2.24) is 15.0 Å². The number of pyridine rings is 1. The zero-order valence-electron chi connectivity index (χ0n) is 12.4. The maximum absolute atomic E-state index is 9.47. The molecule has 1 saturated carbocycles. The van der Waals surface area contributed by atoms with Gasteiger partial charge in [0.15, 0.2) is 0 Å². The Morgan fingerprint density at radius 3 is 2.64 bits per heavy atom. The highest BCUT2D eigenvalue weighted by atomic mass is 15.1. The van der Waals surface area contributed by atoms with Crippen LogP contribution < -0.4 is 5.32 Å². The Balaban J connectivity index is 1.79. The van der Waals surface area contributed by atoms with Crippen LogP contribution in [0.5, 0.6) is 0 Å². The summed E-state index contributed by atoms with van der Waals surface area (Å²) in [5, 5.41) is 12.9. The van der Waals surface area contributed by atoms with Crippen molar-refractivity contribution in [3.63, 3.8) is 0 Å². The van der Waals surface area contributed by atoms with Crippen LogP contribution >= 0.6 is 0 Å². The van der Waals surface area contributed by atoms with Crippen LogP contribution in [0.15, 0.2) is 36.7 Å². The zero-order valence-corrected chi connectivity index (χ0v) is 12.4. The van der Waals surface area contributed by atoms with Gasteiger partial charge in [-0.25, -0.2) is 9.97 Å². The molecule has 1 N–H and O–H groups in total. The number of aromatic nitrogens is 3. The number of nitriles is 1. The van der Waals surface area contributed by atoms with Gasteiger partial charge < -0.3 is 5.32 Å². The summed E-state index contributed by atoms with van der Waals surface area (Å²) >= 11 is 0. The van der Waals surface area contributed by atoms with Gasteiger partial charge in [0.1, 0.15) is 5.92 Å². The summed E-state index contributed by atoms with van der Waals surface area (Å²) in [5.74, 6) is 0.150. The van der Waals surface area contributed by atoms with Crippen LogP contribution in [-0.4, -0.2) is 21.0 Å². The van der Waals surface area contributed by atoms with Gasteiger partial charge in [-0.2, -0.15) is 5.26 Å². The SMILES string of the molecule is N#CC(c1ccccn1)c1ccnc(NC2CCCCC2)n1. The molecule has 1 atom stereocenters. The molecule has 1 fully saturated rings. The summed E-state index contributed by atoms with van der Waals surface area (Å²) in [7, 11) is 0. The van der Waals surface area contributed by atoms with E-state index in [4.69, 9.17) is 0 Å². The third kappa shape index (κ3) is 3.40. The molecule has 2 aromatic rings. The number of nitrogens with one attached hydrogen (secondary N) is 1. The summed E-state index contributed by atoms with van der Waals surface area (Å²) in [4.78, 5) is 13.1. The first kappa shape index (κ1) is 14.5. The van der Waals surface area contributed by atoms with Crippen molar-refractivity contribution in [3.8, 4) is 6.07 Å². The van der Waals surface area contributed by atoms with Gasteiger partial charge in [-0.15, -0.1) is 0 Å². The van der Waals surface area contributed by atoms with Crippen LogP contribution in [0.4, 0.5) is 5.95 Å². The maximum atomic E-state index is 9.47.